The Bertz CT molecular complexity index is 437. The summed E-state index contributed by atoms with van der Waals surface area (Å²) in [5.41, 5.74) is 0. The third-order valence-corrected chi connectivity index (χ3v) is 4.70. The van der Waals surface area contributed by atoms with Gasteiger partial charge in [0.2, 0.25) is 5.13 Å². The second-order valence-electron chi connectivity index (χ2n) is 4.51. The number of hydrogen-bond acceptors (Lipinski definition) is 8. The van der Waals surface area contributed by atoms with Gasteiger partial charge in [-0.1, -0.05) is 23.1 Å². The van der Waals surface area contributed by atoms with E-state index in [1.54, 1.807) is 0 Å². The molecule has 2 rings (SSSR count). The number of aliphatic carboxylic acids is 1. The molecule has 1 aliphatic rings. The molecule has 2 N–H and O–H groups in total. The molecule has 7 nitrogen and oxygen atoms in total. The molecule has 1 aromatic heterocycles. The van der Waals surface area contributed by atoms with Gasteiger partial charge < -0.3 is 15.2 Å². The van der Waals surface area contributed by atoms with E-state index in [1.165, 1.54) is 23.1 Å². The van der Waals surface area contributed by atoms with Crippen molar-refractivity contribution >= 4 is 34.2 Å². The fourth-order valence-corrected chi connectivity index (χ4v) is 3.46. The molecule has 0 saturated carbocycles. The molecule has 0 aromatic carbocycles. The summed E-state index contributed by atoms with van der Waals surface area (Å²) in [6.07, 6.45) is 0. The summed E-state index contributed by atoms with van der Waals surface area (Å²) in [5, 5.41) is 20.6. The van der Waals surface area contributed by atoms with Gasteiger partial charge in [0.1, 0.15) is 0 Å². The van der Waals surface area contributed by atoms with Gasteiger partial charge in [0.25, 0.3) is 0 Å². The van der Waals surface area contributed by atoms with Crippen LogP contribution in [0.4, 0.5) is 5.13 Å². The first-order valence-electron chi connectivity index (χ1n) is 6.38. The fourth-order valence-electron chi connectivity index (χ4n) is 1.88. The molecule has 1 aromatic rings. The number of carboxylic acids is 1. The van der Waals surface area contributed by atoms with E-state index >= 15 is 0 Å². The Kier molecular flexibility index (Phi) is 6.02. The molecule has 1 fully saturated rings. The number of carbonyl (C=O) groups is 1. The van der Waals surface area contributed by atoms with Crippen LogP contribution in [0.3, 0.4) is 0 Å². The monoisotopic (exact) mass is 318 g/mol. The maximum Gasteiger partial charge on any atom is 0.313 e. The average Bonchev–Trinajstić information content (AvgIpc) is 2.85. The van der Waals surface area contributed by atoms with Crippen LogP contribution in [0.2, 0.25) is 0 Å². The zero-order chi connectivity index (χ0) is 14.4. The molecule has 1 aliphatic heterocycles. The third kappa shape index (κ3) is 5.23. The van der Waals surface area contributed by atoms with E-state index in [1.807, 2.05) is 0 Å². The van der Waals surface area contributed by atoms with Gasteiger partial charge in [-0.05, 0) is 6.92 Å². The Hall–Kier alpha value is -0.900. The van der Waals surface area contributed by atoms with E-state index in [2.05, 4.69) is 27.3 Å². The second kappa shape index (κ2) is 7.77. The van der Waals surface area contributed by atoms with Crippen LogP contribution in [-0.2, 0) is 9.53 Å². The van der Waals surface area contributed by atoms with Gasteiger partial charge in [-0.3, -0.25) is 9.69 Å². The summed E-state index contributed by atoms with van der Waals surface area (Å²) in [7, 11) is 0. The largest absolute Gasteiger partial charge is 0.481 e. The number of thioether (sulfide) groups is 1. The first-order valence-corrected chi connectivity index (χ1v) is 8.18. The van der Waals surface area contributed by atoms with Crippen molar-refractivity contribution in [2.75, 3.05) is 43.9 Å². The number of aromatic nitrogens is 2. The van der Waals surface area contributed by atoms with E-state index in [0.29, 0.717) is 4.34 Å². The minimum atomic E-state index is -0.847. The lowest BCUT2D eigenvalue weighted by molar-refractivity contribution is -0.133. The van der Waals surface area contributed by atoms with Crippen molar-refractivity contribution in [2.24, 2.45) is 0 Å². The maximum atomic E-state index is 10.5. The van der Waals surface area contributed by atoms with Gasteiger partial charge in [-0.2, -0.15) is 0 Å². The fraction of sp³-hybridized carbons (Fsp3) is 0.727. The molecule has 2 heterocycles. The molecular formula is C11H18N4O3S2. The molecule has 9 heteroatoms. The van der Waals surface area contributed by atoms with E-state index < -0.39 is 5.97 Å². The number of hydrogen-bond donors (Lipinski definition) is 2. The Morgan fingerprint density at radius 3 is 3.00 bits per heavy atom. The lowest BCUT2D eigenvalue weighted by atomic mass is 10.3. The molecule has 20 heavy (non-hydrogen) atoms. The Morgan fingerprint density at radius 2 is 2.30 bits per heavy atom. The Balaban J connectivity index is 1.75. The Labute approximate surface area is 125 Å². The highest BCUT2D eigenvalue weighted by molar-refractivity contribution is 8.01. The lowest BCUT2D eigenvalue weighted by Gasteiger charge is -2.29. The molecule has 1 unspecified atom stereocenters. The molecule has 0 amide bonds. The van der Waals surface area contributed by atoms with Crippen LogP contribution in [0.5, 0.6) is 0 Å². The topological polar surface area (TPSA) is 87.6 Å². The average molecular weight is 318 g/mol. The zero-order valence-electron chi connectivity index (χ0n) is 11.2. The number of nitrogens with one attached hydrogen (secondary N) is 1. The second-order valence-corrected chi connectivity index (χ2v) is 6.71. The van der Waals surface area contributed by atoms with Crippen LogP contribution >= 0.6 is 23.1 Å². The molecule has 1 saturated heterocycles. The quantitative estimate of drug-likeness (QED) is 0.715. The minimum Gasteiger partial charge on any atom is -0.481 e. The van der Waals surface area contributed by atoms with Crippen molar-refractivity contribution in [2.45, 2.75) is 17.3 Å². The maximum absolute atomic E-state index is 10.5. The third-order valence-electron chi connectivity index (χ3n) is 2.73. The first kappa shape index (κ1) is 15.5. The summed E-state index contributed by atoms with van der Waals surface area (Å²) < 4.78 is 5.99. The van der Waals surface area contributed by atoms with Gasteiger partial charge in [0.15, 0.2) is 4.34 Å². The normalized spacial score (nSPS) is 17.9. The van der Waals surface area contributed by atoms with E-state index in [9.17, 15) is 4.79 Å². The number of carboxylic acid groups (broad SMARTS) is 1. The smallest absolute Gasteiger partial charge is 0.313 e. The van der Waals surface area contributed by atoms with E-state index in [4.69, 9.17) is 9.84 Å². The molecular weight excluding hydrogens is 300 g/mol. The van der Waals surface area contributed by atoms with Crippen molar-refractivity contribution in [1.29, 1.82) is 0 Å². The SMILES string of the molecule is CC(CN1CCOCC1)Nc1nnc(SCC(=O)O)s1. The van der Waals surface area contributed by atoms with Crippen molar-refractivity contribution < 1.29 is 14.6 Å². The van der Waals surface area contributed by atoms with Crippen LogP contribution < -0.4 is 5.32 Å². The van der Waals surface area contributed by atoms with Gasteiger partial charge in [-0.25, -0.2) is 0 Å². The lowest BCUT2D eigenvalue weighted by Crippen LogP contribution is -2.42. The number of anilines is 1. The van der Waals surface area contributed by atoms with Crippen LogP contribution in [-0.4, -0.2) is 70.8 Å². The van der Waals surface area contributed by atoms with Crippen molar-refractivity contribution in [3.63, 3.8) is 0 Å². The summed E-state index contributed by atoms with van der Waals surface area (Å²) in [6.45, 7) is 6.54. The summed E-state index contributed by atoms with van der Waals surface area (Å²) in [5.74, 6) is -0.835. The van der Waals surface area contributed by atoms with Crippen LogP contribution in [0.1, 0.15) is 6.92 Å². The first-order chi connectivity index (χ1) is 9.63. The standard InChI is InChI=1S/C11H18N4O3S2/c1-8(6-15-2-4-18-5-3-15)12-10-13-14-11(20-10)19-7-9(16)17/h8H,2-7H2,1H3,(H,12,13)(H,16,17). The number of morpholine rings is 1. The highest BCUT2D eigenvalue weighted by Crippen LogP contribution is 2.25. The van der Waals surface area contributed by atoms with Crippen LogP contribution in [0, 0.1) is 0 Å². The molecule has 0 aliphatic carbocycles. The van der Waals surface area contributed by atoms with Gasteiger partial charge >= 0.3 is 5.97 Å². The zero-order valence-corrected chi connectivity index (χ0v) is 12.9. The van der Waals surface area contributed by atoms with E-state index in [0.717, 1.165) is 38.0 Å². The number of ether oxygens (including phenoxy) is 1. The highest BCUT2D eigenvalue weighted by atomic mass is 32.2. The summed E-state index contributed by atoms with van der Waals surface area (Å²) >= 11 is 2.58. The summed E-state index contributed by atoms with van der Waals surface area (Å²) in [6, 6.07) is 0.262. The predicted molar refractivity (Wildman–Crippen MR) is 78.6 cm³/mol. The molecule has 1 atom stereocenters. The molecule has 0 spiro atoms. The van der Waals surface area contributed by atoms with Gasteiger partial charge in [-0.15, -0.1) is 10.2 Å². The molecule has 0 radical (unpaired) electrons. The van der Waals surface area contributed by atoms with Gasteiger partial charge in [0, 0.05) is 25.7 Å². The predicted octanol–water partition coefficient (Wildman–Crippen LogP) is 0.847. The molecule has 0 bridgehead atoms. The molecule has 112 valence electrons. The number of nitrogens with zero attached hydrogens (tertiary/aromatic N) is 3. The minimum absolute atomic E-state index is 0.0119. The number of rotatable bonds is 7. The van der Waals surface area contributed by atoms with Crippen LogP contribution in [0.15, 0.2) is 4.34 Å². The van der Waals surface area contributed by atoms with Gasteiger partial charge in [0.05, 0.1) is 19.0 Å². The highest BCUT2D eigenvalue weighted by Gasteiger charge is 2.15. The van der Waals surface area contributed by atoms with E-state index in [-0.39, 0.29) is 11.8 Å². The Morgan fingerprint density at radius 1 is 1.55 bits per heavy atom. The van der Waals surface area contributed by atoms with Crippen LogP contribution in [0.25, 0.3) is 0 Å². The van der Waals surface area contributed by atoms with Crippen molar-refractivity contribution in [3.8, 4) is 0 Å². The summed E-state index contributed by atoms with van der Waals surface area (Å²) in [4.78, 5) is 12.8. The van der Waals surface area contributed by atoms with Crippen molar-refractivity contribution in [3.05, 3.63) is 0 Å². The van der Waals surface area contributed by atoms with Crippen molar-refractivity contribution in [1.82, 2.24) is 15.1 Å².